The second-order valence-electron chi connectivity index (χ2n) is 8.48. The molecule has 2 aromatic heterocycles. The van der Waals surface area contributed by atoms with E-state index in [4.69, 9.17) is 14.6 Å². The standard InChI is InChI=1S/C30H24N2O3/c1-20-27(19-26-8-5-9-28(31-26)24-6-3-2-4-7-24)30(35-32-20)25-16-14-23(15-17-25)22-12-10-21(11-13-22)18-29(33)34/h2-17H,18-19H2,1H3,(H,33,34). The SMILES string of the molecule is Cc1noc(-c2ccc(-c3ccc(CC(=O)O)cc3)cc2)c1Cc1cccc(-c2ccccc2)n1. The fourth-order valence-electron chi connectivity index (χ4n) is 4.16. The summed E-state index contributed by atoms with van der Waals surface area (Å²) in [5, 5.41) is 13.2. The summed E-state index contributed by atoms with van der Waals surface area (Å²) >= 11 is 0. The highest BCUT2D eigenvalue weighted by Gasteiger charge is 2.16. The van der Waals surface area contributed by atoms with Crippen LogP contribution in [0.5, 0.6) is 0 Å². The van der Waals surface area contributed by atoms with Gasteiger partial charge in [0.15, 0.2) is 5.76 Å². The lowest BCUT2D eigenvalue weighted by Gasteiger charge is -2.07. The number of pyridine rings is 1. The molecule has 0 unspecified atom stereocenters. The highest BCUT2D eigenvalue weighted by molar-refractivity contribution is 5.72. The van der Waals surface area contributed by atoms with E-state index in [0.29, 0.717) is 6.42 Å². The largest absolute Gasteiger partial charge is 0.481 e. The molecule has 0 aliphatic rings. The minimum atomic E-state index is -0.831. The lowest BCUT2D eigenvalue weighted by molar-refractivity contribution is -0.136. The molecule has 0 saturated carbocycles. The molecule has 0 amide bonds. The number of aryl methyl sites for hydroxylation is 1. The average molecular weight is 461 g/mol. The van der Waals surface area contributed by atoms with Crippen molar-refractivity contribution < 1.29 is 14.4 Å². The van der Waals surface area contributed by atoms with Crippen LogP contribution in [0.4, 0.5) is 0 Å². The van der Waals surface area contributed by atoms with E-state index >= 15 is 0 Å². The normalized spacial score (nSPS) is 10.9. The third-order valence-corrected chi connectivity index (χ3v) is 6.01. The van der Waals surface area contributed by atoms with Crippen LogP contribution in [0.3, 0.4) is 0 Å². The third-order valence-electron chi connectivity index (χ3n) is 6.01. The maximum atomic E-state index is 10.9. The second-order valence-corrected chi connectivity index (χ2v) is 8.48. The number of nitrogens with zero attached hydrogens (tertiary/aromatic N) is 2. The van der Waals surface area contributed by atoms with E-state index in [2.05, 4.69) is 17.3 Å². The fourth-order valence-corrected chi connectivity index (χ4v) is 4.16. The predicted octanol–water partition coefficient (Wildman–Crippen LogP) is 6.60. The van der Waals surface area contributed by atoms with Crippen molar-refractivity contribution in [2.75, 3.05) is 0 Å². The quantitative estimate of drug-likeness (QED) is 0.296. The molecule has 0 aliphatic carbocycles. The molecule has 0 saturated heterocycles. The Kier molecular flexibility index (Phi) is 6.22. The van der Waals surface area contributed by atoms with Gasteiger partial charge in [-0.05, 0) is 35.7 Å². The van der Waals surface area contributed by atoms with Crippen molar-refractivity contribution in [3.05, 3.63) is 120 Å². The number of aromatic nitrogens is 2. The van der Waals surface area contributed by atoms with Crippen LogP contribution in [0.15, 0.2) is 102 Å². The molecule has 5 heteroatoms. The number of hydrogen-bond donors (Lipinski definition) is 1. The van der Waals surface area contributed by atoms with E-state index in [1.165, 1.54) is 0 Å². The van der Waals surface area contributed by atoms with Crippen molar-refractivity contribution in [3.8, 4) is 33.7 Å². The minimum Gasteiger partial charge on any atom is -0.481 e. The Morgan fingerprint density at radius 3 is 2.11 bits per heavy atom. The van der Waals surface area contributed by atoms with Crippen molar-refractivity contribution in [1.29, 1.82) is 0 Å². The summed E-state index contributed by atoms with van der Waals surface area (Å²) in [6.45, 7) is 1.95. The number of benzene rings is 3. The highest BCUT2D eigenvalue weighted by atomic mass is 16.5. The fraction of sp³-hybridized carbons (Fsp3) is 0.100. The Morgan fingerprint density at radius 2 is 1.43 bits per heavy atom. The molecule has 0 bridgehead atoms. The first kappa shape index (κ1) is 22.3. The summed E-state index contributed by atoms with van der Waals surface area (Å²) in [5.74, 6) is -0.0833. The molecule has 172 valence electrons. The zero-order valence-electron chi connectivity index (χ0n) is 19.3. The van der Waals surface area contributed by atoms with Gasteiger partial charge in [-0.3, -0.25) is 9.78 Å². The van der Waals surface area contributed by atoms with Gasteiger partial charge in [0.05, 0.1) is 17.8 Å². The van der Waals surface area contributed by atoms with Gasteiger partial charge in [-0.25, -0.2) is 0 Å². The topological polar surface area (TPSA) is 76.2 Å². The summed E-state index contributed by atoms with van der Waals surface area (Å²) in [6.07, 6.45) is 0.647. The summed E-state index contributed by atoms with van der Waals surface area (Å²) < 4.78 is 5.73. The molecule has 35 heavy (non-hydrogen) atoms. The highest BCUT2D eigenvalue weighted by Crippen LogP contribution is 2.30. The lowest BCUT2D eigenvalue weighted by Crippen LogP contribution is -1.99. The smallest absolute Gasteiger partial charge is 0.307 e. The summed E-state index contributed by atoms with van der Waals surface area (Å²) in [6, 6.07) is 32.0. The molecule has 5 rings (SSSR count). The molecular weight excluding hydrogens is 436 g/mol. The van der Waals surface area contributed by atoms with Crippen LogP contribution >= 0.6 is 0 Å². The Bertz CT molecular complexity index is 1450. The molecule has 0 radical (unpaired) electrons. The van der Waals surface area contributed by atoms with Gasteiger partial charge >= 0.3 is 5.97 Å². The predicted molar refractivity (Wildman–Crippen MR) is 136 cm³/mol. The monoisotopic (exact) mass is 460 g/mol. The van der Waals surface area contributed by atoms with Crippen LogP contribution in [0.25, 0.3) is 33.7 Å². The molecule has 0 fully saturated rings. The molecule has 0 atom stereocenters. The molecule has 0 spiro atoms. The van der Waals surface area contributed by atoms with Crippen LogP contribution in [0, 0.1) is 6.92 Å². The van der Waals surface area contributed by atoms with E-state index in [-0.39, 0.29) is 6.42 Å². The Morgan fingerprint density at radius 1 is 0.771 bits per heavy atom. The van der Waals surface area contributed by atoms with Crippen LogP contribution in [0.1, 0.15) is 22.5 Å². The van der Waals surface area contributed by atoms with Gasteiger partial charge in [-0.15, -0.1) is 0 Å². The van der Waals surface area contributed by atoms with E-state index in [9.17, 15) is 4.79 Å². The zero-order valence-corrected chi connectivity index (χ0v) is 19.3. The van der Waals surface area contributed by atoms with E-state index in [1.807, 2.05) is 91.9 Å². The van der Waals surface area contributed by atoms with E-state index < -0.39 is 5.97 Å². The summed E-state index contributed by atoms with van der Waals surface area (Å²) in [5.41, 5.74) is 8.67. The van der Waals surface area contributed by atoms with Crippen LogP contribution in [-0.4, -0.2) is 21.2 Å². The van der Waals surface area contributed by atoms with E-state index in [0.717, 1.165) is 56.2 Å². The molecule has 5 nitrogen and oxygen atoms in total. The van der Waals surface area contributed by atoms with Crippen molar-refractivity contribution in [3.63, 3.8) is 0 Å². The number of carbonyl (C=O) groups is 1. The van der Waals surface area contributed by atoms with Crippen molar-refractivity contribution >= 4 is 5.97 Å². The van der Waals surface area contributed by atoms with Gasteiger partial charge < -0.3 is 9.63 Å². The van der Waals surface area contributed by atoms with Gasteiger partial charge in [-0.2, -0.15) is 0 Å². The maximum absolute atomic E-state index is 10.9. The molecule has 0 aliphatic heterocycles. The average Bonchev–Trinajstić information content (AvgIpc) is 3.25. The Balaban J connectivity index is 1.38. The van der Waals surface area contributed by atoms with Crippen LogP contribution in [-0.2, 0) is 17.6 Å². The van der Waals surface area contributed by atoms with Crippen molar-refractivity contribution in [1.82, 2.24) is 10.1 Å². The summed E-state index contributed by atoms with van der Waals surface area (Å²) in [7, 11) is 0. The van der Waals surface area contributed by atoms with E-state index in [1.54, 1.807) is 0 Å². The molecule has 3 aromatic carbocycles. The zero-order chi connectivity index (χ0) is 24.2. The number of carboxylic acid groups (broad SMARTS) is 1. The number of rotatable bonds is 7. The minimum absolute atomic E-state index is 0.0238. The van der Waals surface area contributed by atoms with Gasteiger partial charge in [-0.1, -0.05) is 90.1 Å². The number of hydrogen-bond acceptors (Lipinski definition) is 4. The third kappa shape index (κ3) is 5.04. The second kappa shape index (κ2) is 9.77. The Hall–Kier alpha value is -4.51. The molecular formula is C30H24N2O3. The van der Waals surface area contributed by atoms with Gasteiger partial charge in [0.2, 0.25) is 0 Å². The maximum Gasteiger partial charge on any atom is 0.307 e. The first-order valence-electron chi connectivity index (χ1n) is 11.4. The van der Waals surface area contributed by atoms with Crippen LogP contribution in [0.2, 0.25) is 0 Å². The molecule has 1 N–H and O–H groups in total. The first-order valence-corrected chi connectivity index (χ1v) is 11.4. The number of aliphatic carboxylic acids is 1. The first-order chi connectivity index (χ1) is 17.1. The molecule has 2 heterocycles. The van der Waals surface area contributed by atoms with Gasteiger partial charge in [0, 0.05) is 28.8 Å². The lowest BCUT2D eigenvalue weighted by atomic mass is 9.98. The Labute approximate surface area is 203 Å². The van der Waals surface area contributed by atoms with Crippen LogP contribution < -0.4 is 0 Å². The van der Waals surface area contributed by atoms with Gasteiger partial charge in [0.25, 0.3) is 0 Å². The summed E-state index contributed by atoms with van der Waals surface area (Å²) in [4.78, 5) is 15.8. The van der Waals surface area contributed by atoms with Crippen molar-refractivity contribution in [2.45, 2.75) is 19.8 Å². The molecule has 5 aromatic rings. The van der Waals surface area contributed by atoms with Crippen molar-refractivity contribution in [2.24, 2.45) is 0 Å². The van der Waals surface area contributed by atoms with Gasteiger partial charge in [0.1, 0.15) is 0 Å². The number of carboxylic acids is 1.